The van der Waals surface area contributed by atoms with E-state index in [2.05, 4.69) is 32.9 Å². The van der Waals surface area contributed by atoms with Crippen molar-refractivity contribution in [2.45, 2.75) is 89.6 Å². The highest BCUT2D eigenvalue weighted by molar-refractivity contribution is 5.41. The molecule has 0 radical (unpaired) electrons. The second-order valence-corrected chi connectivity index (χ2v) is 8.35. The number of aromatic hydroxyl groups is 1. The van der Waals surface area contributed by atoms with E-state index in [1.807, 2.05) is 12.1 Å². The van der Waals surface area contributed by atoms with Crippen molar-refractivity contribution in [3.8, 4) is 11.8 Å². The van der Waals surface area contributed by atoms with Gasteiger partial charge in [-0.2, -0.15) is 5.26 Å². The Bertz CT molecular complexity index is 603. The van der Waals surface area contributed by atoms with E-state index in [1.165, 1.54) is 31.2 Å². The van der Waals surface area contributed by atoms with Gasteiger partial charge in [-0.1, -0.05) is 58.6 Å². The number of hydrogen-bond acceptors (Lipinski definition) is 3. The molecule has 0 spiro atoms. The topological polar surface area (TPSA) is 64.2 Å². The largest absolute Gasteiger partial charge is 0.508 e. The molecule has 2 N–H and O–H groups in total. The van der Waals surface area contributed by atoms with Crippen LogP contribution in [-0.2, 0) is 5.41 Å². The normalized spacial score (nSPS) is 24.0. The summed E-state index contributed by atoms with van der Waals surface area (Å²) < 4.78 is 0. The molecule has 0 bridgehead atoms. The molecule has 0 saturated heterocycles. The third-order valence-electron chi connectivity index (χ3n) is 5.77. The highest BCUT2D eigenvalue weighted by Crippen LogP contribution is 2.41. The number of nitriles is 1. The van der Waals surface area contributed by atoms with E-state index < -0.39 is 6.10 Å². The number of nitrogens with zero attached hydrogens (tertiary/aromatic N) is 1. The summed E-state index contributed by atoms with van der Waals surface area (Å²) >= 11 is 0. The number of benzene rings is 1. The third kappa shape index (κ3) is 5.22. The molecule has 0 amide bonds. The number of hydrogen-bond donors (Lipinski definition) is 2. The van der Waals surface area contributed by atoms with Crippen LogP contribution in [0.25, 0.3) is 0 Å². The summed E-state index contributed by atoms with van der Waals surface area (Å²) in [6, 6.07) is 8.31. The van der Waals surface area contributed by atoms with E-state index in [0.717, 1.165) is 18.4 Å². The van der Waals surface area contributed by atoms with E-state index in [9.17, 15) is 15.5 Å². The fourth-order valence-corrected chi connectivity index (χ4v) is 4.10. The van der Waals surface area contributed by atoms with E-state index in [4.69, 9.17) is 0 Å². The second-order valence-electron chi connectivity index (χ2n) is 8.35. The zero-order valence-corrected chi connectivity index (χ0v) is 16.0. The molecule has 0 aliphatic heterocycles. The molecule has 3 unspecified atom stereocenters. The molecule has 1 fully saturated rings. The van der Waals surface area contributed by atoms with Gasteiger partial charge in [-0.15, -0.1) is 0 Å². The minimum atomic E-state index is -0.447. The predicted octanol–water partition coefficient (Wildman–Crippen LogP) is 5.41. The molecule has 3 atom stereocenters. The maximum atomic E-state index is 10.6. The van der Waals surface area contributed by atoms with Crippen molar-refractivity contribution < 1.29 is 10.2 Å². The zero-order chi connectivity index (χ0) is 18.4. The average Bonchev–Trinajstić information content (AvgIpc) is 2.58. The Labute approximate surface area is 152 Å². The van der Waals surface area contributed by atoms with Crippen LogP contribution in [0.15, 0.2) is 18.2 Å². The number of unbranched alkanes of at least 4 members (excludes halogenated alkanes) is 3. The predicted molar refractivity (Wildman–Crippen MR) is 102 cm³/mol. The lowest BCUT2D eigenvalue weighted by Crippen LogP contribution is -2.24. The van der Waals surface area contributed by atoms with Crippen molar-refractivity contribution in [2.75, 3.05) is 0 Å². The molecule has 0 heterocycles. The molecule has 3 heteroatoms. The minimum Gasteiger partial charge on any atom is -0.508 e. The Morgan fingerprint density at radius 1 is 1.16 bits per heavy atom. The van der Waals surface area contributed by atoms with Gasteiger partial charge in [0.1, 0.15) is 5.75 Å². The van der Waals surface area contributed by atoms with E-state index >= 15 is 0 Å². The zero-order valence-electron chi connectivity index (χ0n) is 16.0. The van der Waals surface area contributed by atoms with Crippen LogP contribution < -0.4 is 0 Å². The van der Waals surface area contributed by atoms with E-state index in [1.54, 1.807) is 0 Å². The lowest BCUT2D eigenvalue weighted by atomic mass is 9.75. The first kappa shape index (κ1) is 19.8. The van der Waals surface area contributed by atoms with Gasteiger partial charge in [-0.3, -0.25) is 0 Å². The van der Waals surface area contributed by atoms with Crippen LogP contribution >= 0.6 is 0 Å². The fraction of sp³-hybridized carbons (Fsp3) is 0.682. The summed E-state index contributed by atoms with van der Waals surface area (Å²) in [5.41, 5.74) is 2.09. The monoisotopic (exact) mass is 343 g/mol. The molecule has 2 rings (SSSR count). The quantitative estimate of drug-likeness (QED) is 0.651. The van der Waals surface area contributed by atoms with Crippen molar-refractivity contribution in [1.82, 2.24) is 0 Å². The summed E-state index contributed by atoms with van der Waals surface area (Å²) in [6.07, 6.45) is 7.57. The second kappa shape index (κ2) is 8.72. The highest BCUT2D eigenvalue weighted by Gasteiger charge is 2.31. The molecule has 3 nitrogen and oxygen atoms in total. The Morgan fingerprint density at radius 3 is 2.56 bits per heavy atom. The van der Waals surface area contributed by atoms with Crippen LogP contribution in [0, 0.1) is 17.2 Å². The Hall–Kier alpha value is -1.53. The van der Waals surface area contributed by atoms with Gasteiger partial charge in [0.25, 0.3) is 0 Å². The number of phenolic OH excluding ortho intramolecular Hbond substituents is 1. The minimum absolute atomic E-state index is 0.0466. The van der Waals surface area contributed by atoms with E-state index in [0.29, 0.717) is 18.6 Å². The van der Waals surface area contributed by atoms with Crippen molar-refractivity contribution in [2.24, 2.45) is 5.92 Å². The summed E-state index contributed by atoms with van der Waals surface area (Å²) in [4.78, 5) is 0. The lowest BCUT2D eigenvalue weighted by molar-refractivity contribution is 0.103. The van der Waals surface area contributed by atoms with Crippen LogP contribution in [-0.4, -0.2) is 16.3 Å². The fourth-order valence-electron chi connectivity index (χ4n) is 4.10. The summed E-state index contributed by atoms with van der Waals surface area (Å²) in [5.74, 6) is 0.257. The Morgan fingerprint density at radius 2 is 1.92 bits per heavy atom. The van der Waals surface area contributed by atoms with Gasteiger partial charge >= 0.3 is 0 Å². The molecule has 1 aliphatic rings. The van der Waals surface area contributed by atoms with Crippen molar-refractivity contribution in [3.05, 3.63) is 29.3 Å². The standard InChI is InChI=1S/C22H33NO2/c1-4-5-6-7-10-22(2,3)18-8-9-20(21(25)14-18)17-11-16(15-23)12-19(24)13-17/h8-9,14,16-17,19,24-25H,4-7,10-13H2,1-3H3. The van der Waals surface area contributed by atoms with Gasteiger partial charge in [-0.05, 0) is 54.2 Å². The number of aliphatic hydroxyl groups is 1. The Balaban J connectivity index is 2.10. The molecular formula is C22H33NO2. The first-order chi connectivity index (χ1) is 11.9. The summed E-state index contributed by atoms with van der Waals surface area (Å²) in [7, 11) is 0. The Kier molecular flexibility index (Phi) is 6.90. The summed E-state index contributed by atoms with van der Waals surface area (Å²) in [5, 5.41) is 29.8. The van der Waals surface area contributed by atoms with E-state index in [-0.39, 0.29) is 17.3 Å². The van der Waals surface area contributed by atoms with Crippen LogP contribution in [0.3, 0.4) is 0 Å². The SMILES string of the molecule is CCCCCCC(C)(C)c1ccc(C2CC(O)CC(C#N)C2)c(O)c1. The molecule has 138 valence electrons. The van der Waals surface area contributed by atoms with Gasteiger partial charge in [-0.25, -0.2) is 0 Å². The van der Waals surface area contributed by atoms with Crippen molar-refractivity contribution in [3.63, 3.8) is 0 Å². The maximum absolute atomic E-state index is 10.6. The maximum Gasteiger partial charge on any atom is 0.119 e. The average molecular weight is 344 g/mol. The van der Waals surface area contributed by atoms with Gasteiger partial charge < -0.3 is 10.2 Å². The van der Waals surface area contributed by atoms with Crippen LogP contribution in [0.2, 0.25) is 0 Å². The van der Waals surface area contributed by atoms with Gasteiger partial charge in [0.2, 0.25) is 0 Å². The molecule has 0 aromatic heterocycles. The van der Waals surface area contributed by atoms with Gasteiger partial charge in [0.15, 0.2) is 0 Å². The molecule has 1 aromatic carbocycles. The van der Waals surface area contributed by atoms with Crippen molar-refractivity contribution >= 4 is 0 Å². The highest BCUT2D eigenvalue weighted by atomic mass is 16.3. The van der Waals surface area contributed by atoms with Crippen molar-refractivity contribution in [1.29, 1.82) is 5.26 Å². The molecular weight excluding hydrogens is 310 g/mol. The number of rotatable bonds is 7. The smallest absolute Gasteiger partial charge is 0.119 e. The first-order valence-corrected chi connectivity index (χ1v) is 9.78. The van der Waals surface area contributed by atoms with Crippen LogP contribution in [0.4, 0.5) is 0 Å². The third-order valence-corrected chi connectivity index (χ3v) is 5.77. The molecule has 25 heavy (non-hydrogen) atoms. The summed E-state index contributed by atoms with van der Waals surface area (Å²) in [6.45, 7) is 6.70. The lowest BCUT2D eigenvalue weighted by Gasteiger charge is -2.31. The molecule has 1 saturated carbocycles. The molecule has 1 aromatic rings. The van der Waals surface area contributed by atoms with Crippen LogP contribution in [0.5, 0.6) is 5.75 Å². The molecule has 1 aliphatic carbocycles. The van der Waals surface area contributed by atoms with Gasteiger partial charge in [0, 0.05) is 5.92 Å². The number of phenols is 1. The van der Waals surface area contributed by atoms with Gasteiger partial charge in [0.05, 0.1) is 12.2 Å². The van der Waals surface area contributed by atoms with Crippen LogP contribution in [0.1, 0.15) is 89.2 Å². The number of aliphatic hydroxyl groups excluding tert-OH is 1. The first-order valence-electron chi connectivity index (χ1n) is 9.78.